The Balaban J connectivity index is 0.00000196. The molecule has 0 aliphatic heterocycles. The number of aromatic nitrogens is 2. The highest BCUT2D eigenvalue weighted by molar-refractivity contribution is 7.99. The minimum atomic E-state index is 0. The van der Waals surface area contributed by atoms with E-state index in [0.29, 0.717) is 11.5 Å². The summed E-state index contributed by atoms with van der Waals surface area (Å²) in [6, 6.07) is 12.0. The highest BCUT2D eigenvalue weighted by atomic mass is 35.5. The van der Waals surface area contributed by atoms with Crippen molar-refractivity contribution in [3.8, 4) is 0 Å². The Hall–Kier alpha value is -1.73. The van der Waals surface area contributed by atoms with Crippen LogP contribution in [0.2, 0.25) is 0 Å². The van der Waals surface area contributed by atoms with Crippen molar-refractivity contribution in [3.05, 3.63) is 65.6 Å². The lowest BCUT2D eigenvalue weighted by Gasteiger charge is -2.07. The minimum absolute atomic E-state index is 0. The van der Waals surface area contributed by atoms with Gasteiger partial charge in [-0.1, -0.05) is 25.1 Å². The number of fused-ring (bicyclic) bond motifs is 1. The first-order valence-corrected chi connectivity index (χ1v) is 9.91. The normalized spacial score (nSPS) is 10.2. The van der Waals surface area contributed by atoms with Crippen LogP contribution in [0.3, 0.4) is 0 Å². The maximum Gasteiger partial charge on any atom is 0.234 e. The lowest BCUT2D eigenvalue weighted by Crippen LogP contribution is -2.15. The number of halogens is 2. The Bertz CT molecular complexity index is 901. The summed E-state index contributed by atoms with van der Waals surface area (Å²) < 4.78 is 2.03. The molecule has 0 aliphatic carbocycles. The van der Waals surface area contributed by atoms with E-state index in [1.165, 1.54) is 5.56 Å². The first-order chi connectivity index (χ1) is 12.6. The van der Waals surface area contributed by atoms with Gasteiger partial charge in [-0.25, -0.2) is 4.98 Å². The number of hydrogen-bond donors (Lipinski definition) is 2. The zero-order chi connectivity index (χ0) is 18.4. The molecule has 0 saturated carbocycles. The van der Waals surface area contributed by atoms with Crippen LogP contribution < -0.4 is 10.6 Å². The van der Waals surface area contributed by atoms with Crippen molar-refractivity contribution < 1.29 is 4.79 Å². The number of carbonyl (C=O) groups excluding carboxylic acids is 1. The largest absolute Gasteiger partial charge is 0.325 e. The van der Waals surface area contributed by atoms with Crippen molar-refractivity contribution in [1.82, 2.24) is 14.7 Å². The van der Waals surface area contributed by atoms with Gasteiger partial charge in [0.1, 0.15) is 5.65 Å². The van der Waals surface area contributed by atoms with Crippen LogP contribution in [0.4, 0.5) is 5.69 Å². The number of aryl methyl sites for hydroxylation is 1. The molecule has 0 fully saturated rings. The Labute approximate surface area is 182 Å². The van der Waals surface area contributed by atoms with Crippen LogP contribution in [0.1, 0.15) is 23.7 Å². The second-order valence-electron chi connectivity index (χ2n) is 6.23. The fraction of sp³-hybridized carbons (Fsp3) is 0.300. The van der Waals surface area contributed by atoms with Crippen LogP contribution in [0.15, 0.2) is 48.8 Å². The highest BCUT2D eigenvalue weighted by Gasteiger charge is 2.06. The van der Waals surface area contributed by atoms with Gasteiger partial charge in [0.15, 0.2) is 0 Å². The quantitative estimate of drug-likeness (QED) is 0.542. The second kappa shape index (κ2) is 12.0. The van der Waals surface area contributed by atoms with E-state index in [0.717, 1.165) is 35.7 Å². The van der Waals surface area contributed by atoms with E-state index in [9.17, 15) is 4.79 Å². The van der Waals surface area contributed by atoms with Crippen LogP contribution in [-0.2, 0) is 17.1 Å². The smallest absolute Gasteiger partial charge is 0.234 e. The van der Waals surface area contributed by atoms with Gasteiger partial charge in [-0.15, -0.1) is 36.6 Å². The molecule has 8 heteroatoms. The molecule has 0 aliphatic rings. The van der Waals surface area contributed by atoms with Crippen molar-refractivity contribution in [3.63, 3.8) is 0 Å². The van der Waals surface area contributed by atoms with Crippen LogP contribution in [0.25, 0.3) is 5.65 Å². The number of anilines is 1. The van der Waals surface area contributed by atoms with Crippen LogP contribution in [0.5, 0.6) is 0 Å². The van der Waals surface area contributed by atoms with Gasteiger partial charge >= 0.3 is 0 Å². The third-order valence-electron chi connectivity index (χ3n) is 3.92. The summed E-state index contributed by atoms with van der Waals surface area (Å²) in [5.41, 5.74) is 5.13. The zero-order valence-corrected chi connectivity index (χ0v) is 18.4. The first-order valence-electron chi connectivity index (χ1n) is 8.75. The molecule has 3 aromatic rings. The molecule has 2 aromatic heterocycles. The van der Waals surface area contributed by atoms with Gasteiger partial charge in [0, 0.05) is 30.4 Å². The number of nitrogens with one attached hydrogen (secondary N) is 2. The van der Waals surface area contributed by atoms with Gasteiger partial charge in [-0.3, -0.25) is 4.79 Å². The number of nitrogens with zero attached hydrogens (tertiary/aromatic N) is 2. The molecule has 1 amide bonds. The fourth-order valence-electron chi connectivity index (χ4n) is 2.70. The molecule has 0 bridgehead atoms. The summed E-state index contributed by atoms with van der Waals surface area (Å²) in [6.07, 6.45) is 4.08. The summed E-state index contributed by atoms with van der Waals surface area (Å²) in [5, 5.41) is 6.25. The summed E-state index contributed by atoms with van der Waals surface area (Å²) in [4.78, 5) is 16.7. The van der Waals surface area contributed by atoms with Crippen LogP contribution in [-0.4, -0.2) is 27.6 Å². The molecular formula is C20H26Cl2N4OS. The number of pyridine rings is 1. The maximum absolute atomic E-state index is 12.2. The van der Waals surface area contributed by atoms with Crippen molar-refractivity contribution in [2.45, 2.75) is 26.1 Å². The topological polar surface area (TPSA) is 58.4 Å². The summed E-state index contributed by atoms with van der Waals surface area (Å²) >= 11 is 1.57. The number of benzene rings is 1. The summed E-state index contributed by atoms with van der Waals surface area (Å²) in [7, 11) is 0. The standard InChI is InChI=1S/C20H24N4OS.2ClH/c1-3-21-10-16-5-4-6-17(9-16)23-20(25)14-26-13-18-12-24-11-15(2)7-8-19(24)22-18;;/h4-9,11-12,21H,3,10,13-14H2,1-2H3,(H,23,25);2*1H. The van der Waals surface area contributed by atoms with Crippen molar-refractivity contribution >= 4 is 53.8 Å². The van der Waals surface area contributed by atoms with Gasteiger partial charge in [-0.05, 0) is 42.8 Å². The Morgan fingerprint density at radius 3 is 2.79 bits per heavy atom. The number of thioether (sulfide) groups is 1. The van der Waals surface area contributed by atoms with Gasteiger partial charge in [0.05, 0.1) is 11.4 Å². The molecule has 0 spiro atoms. The Morgan fingerprint density at radius 2 is 2.00 bits per heavy atom. The first kappa shape index (κ1) is 24.3. The predicted octanol–water partition coefficient (Wildman–Crippen LogP) is 4.47. The molecule has 5 nitrogen and oxygen atoms in total. The minimum Gasteiger partial charge on any atom is -0.325 e. The van der Waals surface area contributed by atoms with Crippen molar-refractivity contribution in [1.29, 1.82) is 0 Å². The van der Waals surface area contributed by atoms with E-state index in [4.69, 9.17) is 0 Å². The average Bonchev–Trinajstić information content (AvgIpc) is 3.02. The number of imidazole rings is 1. The summed E-state index contributed by atoms with van der Waals surface area (Å²) in [5.74, 6) is 1.13. The molecule has 0 unspecified atom stereocenters. The molecule has 0 atom stereocenters. The lowest BCUT2D eigenvalue weighted by atomic mass is 10.2. The van der Waals surface area contributed by atoms with E-state index in [1.54, 1.807) is 11.8 Å². The third kappa shape index (κ3) is 7.02. The van der Waals surface area contributed by atoms with Gasteiger partial charge in [0.25, 0.3) is 0 Å². The second-order valence-corrected chi connectivity index (χ2v) is 7.21. The van der Waals surface area contributed by atoms with Crippen molar-refractivity contribution in [2.75, 3.05) is 17.6 Å². The van der Waals surface area contributed by atoms with E-state index in [-0.39, 0.29) is 30.7 Å². The third-order valence-corrected chi connectivity index (χ3v) is 4.89. The number of amides is 1. The molecule has 2 heterocycles. The average molecular weight is 441 g/mol. The van der Waals surface area contributed by atoms with E-state index in [1.807, 2.05) is 34.9 Å². The van der Waals surface area contributed by atoms with E-state index < -0.39 is 0 Å². The molecular weight excluding hydrogens is 415 g/mol. The molecule has 28 heavy (non-hydrogen) atoms. The monoisotopic (exact) mass is 440 g/mol. The number of hydrogen-bond acceptors (Lipinski definition) is 4. The Kier molecular flexibility index (Phi) is 10.4. The zero-order valence-electron chi connectivity index (χ0n) is 16.0. The van der Waals surface area contributed by atoms with Gasteiger partial charge in [-0.2, -0.15) is 0 Å². The molecule has 152 valence electrons. The van der Waals surface area contributed by atoms with E-state index in [2.05, 4.69) is 47.8 Å². The number of carbonyl (C=O) groups is 1. The molecule has 1 aromatic carbocycles. The maximum atomic E-state index is 12.2. The van der Waals surface area contributed by atoms with Crippen molar-refractivity contribution in [2.24, 2.45) is 0 Å². The predicted molar refractivity (Wildman–Crippen MR) is 123 cm³/mol. The molecule has 0 saturated heterocycles. The van der Waals surface area contributed by atoms with Crippen LogP contribution >= 0.6 is 36.6 Å². The lowest BCUT2D eigenvalue weighted by molar-refractivity contribution is -0.113. The molecule has 0 radical (unpaired) electrons. The number of rotatable bonds is 8. The fourth-order valence-corrected chi connectivity index (χ4v) is 3.41. The molecule has 3 rings (SSSR count). The Morgan fingerprint density at radius 1 is 1.18 bits per heavy atom. The van der Waals surface area contributed by atoms with Gasteiger partial charge in [0.2, 0.25) is 5.91 Å². The SMILES string of the molecule is CCNCc1cccc(NC(=O)CSCc2cn3cc(C)ccc3n2)c1.Cl.Cl. The van der Waals surface area contributed by atoms with Crippen LogP contribution in [0, 0.1) is 6.92 Å². The highest BCUT2D eigenvalue weighted by Crippen LogP contribution is 2.15. The van der Waals surface area contributed by atoms with E-state index >= 15 is 0 Å². The summed E-state index contributed by atoms with van der Waals surface area (Å²) in [6.45, 7) is 5.87. The van der Waals surface area contributed by atoms with Gasteiger partial charge < -0.3 is 15.0 Å². The molecule has 2 N–H and O–H groups in total.